The van der Waals surface area contributed by atoms with E-state index in [0.717, 1.165) is 4.31 Å². The van der Waals surface area contributed by atoms with Gasteiger partial charge in [0.15, 0.2) is 0 Å². The summed E-state index contributed by atoms with van der Waals surface area (Å²) in [6.45, 7) is 5.82. The number of hydrogen-bond donors (Lipinski definition) is 1. The molecule has 0 atom stereocenters. The van der Waals surface area contributed by atoms with Crippen molar-refractivity contribution < 1.29 is 17.9 Å². The highest BCUT2D eigenvalue weighted by molar-refractivity contribution is 7.92. The van der Waals surface area contributed by atoms with E-state index in [-0.39, 0.29) is 10.9 Å². The van der Waals surface area contributed by atoms with Gasteiger partial charge in [-0.3, -0.25) is 4.79 Å². The molecule has 0 saturated heterocycles. The first-order valence-corrected chi connectivity index (χ1v) is 11.4. The third kappa shape index (κ3) is 5.24. The highest BCUT2D eigenvalue weighted by atomic mass is 32.2. The first kappa shape index (κ1) is 22.4. The first-order valence-electron chi connectivity index (χ1n) is 9.97. The molecule has 9 heteroatoms. The standard InChI is InChI=1S/C22H26N4O4S/c1-4-30-19-12-10-18(11-13-19)24-21(27)16-25(22-14-15-23-26(22)17(2)3)31(28,29)20-8-6-5-7-9-20/h5-15,17H,4,16H2,1-3H3,(H,24,27). The van der Waals surface area contributed by atoms with Crippen LogP contribution in [-0.2, 0) is 14.8 Å². The van der Waals surface area contributed by atoms with Crippen LogP contribution < -0.4 is 14.4 Å². The molecule has 1 aromatic heterocycles. The van der Waals surface area contributed by atoms with Crippen molar-refractivity contribution in [1.29, 1.82) is 0 Å². The Kier molecular flexibility index (Phi) is 6.96. The lowest BCUT2D eigenvalue weighted by molar-refractivity contribution is -0.114. The topological polar surface area (TPSA) is 93.5 Å². The van der Waals surface area contributed by atoms with E-state index in [4.69, 9.17) is 4.74 Å². The number of benzene rings is 2. The number of amides is 1. The summed E-state index contributed by atoms with van der Waals surface area (Å²) in [6, 6.07) is 16.4. The predicted octanol–water partition coefficient (Wildman–Crippen LogP) is 3.70. The van der Waals surface area contributed by atoms with Gasteiger partial charge in [-0.05, 0) is 57.2 Å². The Labute approximate surface area is 182 Å². The van der Waals surface area contributed by atoms with E-state index in [1.165, 1.54) is 18.3 Å². The number of carbonyl (C=O) groups is 1. The molecule has 0 saturated carbocycles. The Morgan fingerprint density at radius 3 is 2.39 bits per heavy atom. The summed E-state index contributed by atoms with van der Waals surface area (Å²) in [4.78, 5) is 12.9. The van der Waals surface area contributed by atoms with Gasteiger partial charge in [-0.25, -0.2) is 17.4 Å². The molecule has 0 bridgehead atoms. The van der Waals surface area contributed by atoms with Gasteiger partial charge in [-0.2, -0.15) is 5.10 Å². The van der Waals surface area contributed by atoms with Gasteiger partial charge < -0.3 is 10.1 Å². The molecule has 8 nitrogen and oxygen atoms in total. The highest BCUT2D eigenvalue weighted by Gasteiger charge is 2.30. The summed E-state index contributed by atoms with van der Waals surface area (Å²) in [5, 5.41) is 6.97. The molecule has 1 heterocycles. The molecule has 0 unspecified atom stereocenters. The summed E-state index contributed by atoms with van der Waals surface area (Å²) in [5.41, 5.74) is 0.544. The molecule has 164 valence electrons. The van der Waals surface area contributed by atoms with Crippen molar-refractivity contribution in [2.24, 2.45) is 0 Å². The van der Waals surface area contributed by atoms with Crippen LogP contribution in [0.2, 0.25) is 0 Å². The van der Waals surface area contributed by atoms with E-state index in [1.54, 1.807) is 53.2 Å². The van der Waals surface area contributed by atoms with Gasteiger partial charge in [0.2, 0.25) is 5.91 Å². The van der Waals surface area contributed by atoms with Crippen LogP contribution in [0.3, 0.4) is 0 Å². The summed E-state index contributed by atoms with van der Waals surface area (Å²) >= 11 is 0. The number of rotatable bonds is 9. The second kappa shape index (κ2) is 9.65. The van der Waals surface area contributed by atoms with Crippen molar-refractivity contribution in [3.8, 4) is 5.75 Å². The number of aromatic nitrogens is 2. The van der Waals surface area contributed by atoms with Crippen molar-refractivity contribution >= 4 is 27.4 Å². The number of nitrogens with zero attached hydrogens (tertiary/aromatic N) is 3. The minimum Gasteiger partial charge on any atom is -0.494 e. The summed E-state index contributed by atoms with van der Waals surface area (Å²) in [7, 11) is -3.99. The normalized spacial score (nSPS) is 11.4. The van der Waals surface area contributed by atoms with Gasteiger partial charge in [-0.1, -0.05) is 18.2 Å². The Balaban J connectivity index is 1.90. The van der Waals surface area contributed by atoms with Crippen LogP contribution in [0.15, 0.2) is 71.8 Å². The van der Waals surface area contributed by atoms with Crippen molar-refractivity contribution in [2.75, 3.05) is 22.8 Å². The van der Waals surface area contributed by atoms with Crippen LogP contribution >= 0.6 is 0 Å². The van der Waals surface area contributed by atoms with Crippen molar-refractivity contribution in [3.63, 3.8) is 0 Å². The first-order chi connectivity index (χ1) is 14.8. The lowest BCUT2D eigenvalue weighted by Crippen LogP contribution is -2.39. The van der Waals surface area contributed by atoms with Crippen molar-refractivity contribution in [2.45, 2.75) is 31.7 Å². The molecular weight excluding hydrogens is 416 g/mol. The molecule has 1 amide bonds. The van der Waals surface area contributed by atoms with Crippen LogP contribution in [0.1, 0.15) is 26.8 Å². The van der Waals surface area contributed by atoms with Gasteiger partial charge in [-0.15, -0.1) is 0 Å². The third-order valence-corrected chi connectivity index (χ3v) is 6.23. The number of anilines is 2. The molecule has 0 aliphatic carbocycles. The van der Waals surface area contributed by atoms with E-state index in [2.05, 4.69) is 10.4 Å². The van der Waals surface area contributed by atoms with Crippen LogP contribution in [-0.4, -0.2) is 37.3 Å². The molecule has 0 aliphatic heterocycles. The Morgan fingerprint density at radius 1 is 1.10 bits per heavy atom. The number of ether oxygens (including phenoxy) is 1. The minimum atomic E-state index is -3.99. The zero-order chi connectivity index (χ0) is 22.4. The predicted molar refractivity (Wildman–Crippen MR) is 120 cm³/mol. The largest absolute Gasteiger partial charge is 0.494 e. The molecule has 2 aromatic carbocycles. The monoisotopic (exact) mass is 442 g/mol. The molecule has 3 aromatic rings. The van der Waals surface area contributed by atoms with Gasteiger partial charge in [0.1, 0.15) is 18.1 Å². The molecule has 0 spiro atoms. The lowest BCUT2D eigenvalue weighted by atomic mass is 10.3. The van der Waals surface area contributed by atoms with Crippen molar-refractivity contribution in [3.05, 3.63) is 66.9 Å². The minimum absolute atomic E-state index is 0.0901. The second-order valence-corrected chi connectivity index (χ2v) is 8.92. The maximum atomic E-state index is 13.4. The number of carbonyl (C=O) groups excluding carboxylic acids is 1. The molecule has 0 aliphatic rings. The average Bonchev–Trinajstić information content (AvgIpc) is 3.24. The number of nitrogens with one attached hydrogen (secondary N) is 1. The summed E-state index contributed by atoms with van der Waals surface area (Å²) in [5.74, 6) is 0.537. The fourth-order valence-electron chi connectivity index (χ4n) is 3.04. The number of hydrogen-bond acceptors (Lipinski definition) is 5. The highest BCUT2D eigenvalue weighted by Crippen LogP contribution is 2.26. The third-order valence-electron chi connectivity index (χ3n) is 4.46. The van der Waals surface area contributed by atoms with Gasteiger partial charge >= 0.3 is 0 Å². The smallest absolute Gasteiger partial charge is 0.265 e. The molecule has 3 rings (SSSR count). The Bertz CT molecular complexity index is 1110. The van der Waals surface area contributed by atoms with Crippen LogP contribution in [0.25, 0.3) is 0 Å². The fourth-order valence-corrected chi connectivity index (χ4v) is 4.48. The summed E-state index contributed by atoms with van der Waals surface area (Å²) < 4.78 is 34.9. The van der Waals surface area contributed by atoms with Crippen molar-refractivity contribution in [1.82, 2.24) is 9.78 Å². The van der Waals surface area contributed by atoms with E-state index in [1.807, 2.05) is 20.8 Å². The van der Waals surface area contributed by atoms with E-state index in [0.29, 0.717) is 23.9 Å². The van der Waals surface area contributed by atoms with Crippen LogP contribution in [0.5, 0.6) is 5.75 Å². The summed E-state index contributed by atoms with van der Waals surface area (Å²) in [6.07, 6.45) is 1.52. The molecule has 31 heavy (non-hydrogen) atoms. The maximum Gasteiger partial charge on any atom is 0.265 e. The van der Waals surface area contributed by atoms with E-state index in [9.17, 15) is 13.2 Å². The SMILES string of the molecule is CCOc1ccc(NC(=O)CN(c2ccnn2C(C)C)S(=O)(=O)c2ccccc2)cc1. The molecular formula is C22H26N4O4S. The van der Waals surface area contributed by atoms with Gasteiger partial charge in [0, 0.05) is 17.8 Å². The zero-order valence-corrected chi connectivity index (χ0v) is 18.5. The fraction of sp³-hybridized carbons (Fsp3) is 0.273. The quantitative estimate of drug-likeness (QED) is 0.545. The second-order valence-electron chi connectivity index (χ2n) is 7.06. The van der Waals surface area contributed by atoms with E-state index >= 15 is 0 Å². The Morgan fingerprint density at radius 2 is 1.77 bits per heavy atom. The molecule has 1 N–H and O–H groups in total. The van der Waals surface area contributed by atoms with Crippen LogP contribution in [0.4, 0.5) is 11.5 Å². The average molecular weight is 443 g/mol. The Hall–Kier alpha value is -3.33. The maximum absolute atomic E-state index is 13.4. The van der Waals surface area contributed by atoms with E-state index < -0.39 is 22.5 Å². The van der Waals surface area contributed by atoms with Gasteiger partial charge in [0.05, 0.1) is 17.7 Å². The lowest BCUT2D eigenvalue weighted by Gasteiger charge is -2.25. The number of sulfonamides is 1. The zero-order valence-electron chi connectivity index (χ0n) is 17.7. The van der Waals surface area contributed by atoms with Gasteiger partial charge in [0.25, 0.3) is 10.0 Å². The molecule has 0 radical (unpaired) electrons. The van der Waals surface area contributed by atoms with Crippen LogP contribution in [0, 0.1) is 0 Å². The molecule has 0 fully saturated rings.